The molecule has 0 heterocycles. The van der Waals surface area contributed by atoms with Crippen molar-refractivity contribution in [1.82, 2.24) is 0 Å². The van der Waals surface area contributed by atoms with Gasteiger partial charge in [-0.2, -0.15) is 0 Å². The lowest BCUT2D eigenvalue weighted by Crippen LogP contribution is -2.18. The van der Waals surface area contributed by atoms with Gasteiger partial charge in [0, 0.05) is 23.9 Å². The second kappa shape index (κ2) is 6.26. The lowest BCUT2D eigenvalue weighted by molar-refractivity contribution is -0.384. The van der Waals surface area contributed by atoms with Gasteiger partial charge in [-0.15, -0.1) is 0 Å². The number of hydrogen-bond donors (Lipinski definition) is 2. The van der Waals surface area contributed by atoms with Gasteiger partial charge >= 0.3 is 0 Å². The number of non-ortho nitro benzene ring substituents is 1. The van der Waals surface area contributed by atoms with Crippen LogP contribution in [0.15, 0.2) is 42.5 Å². The maximum atomic E-state index is 10.8. The Morgan fingerprint density at radius 1 is 1.24 bits per heavy atom. The molecule has 2 aromatic carbocycles. The lowest BCUT2D eigenvalue weighted by Gasteiger charge is -2.17. The third-order valence-electron chi connectivity index (χ3n) is 3.31. The standard InChI is InChI=1S/C16H18N2O3/c1-11-3-6-14(18(20)21)10-16(11)17-12(2)9-13-4-7-15(19)8-5-13/h3-8,10,12,17,19H,9H2,1-2H3. The van der Waals surface area contributed by atoms with Crippen LogP contribution in [0.5, 0.6) is 5.75 Å². The number of phenolic OH excluding ortho intramolecular Hbond substituents is 1. The number of phenols is 1. The summed E-state index contributed by atoms with van der Waals surface area (Å²) in [5.41, 5.74) is 2.92. The van der Waals surface area contributed by atoms with Gasteiger partial charge in [0.05, 0.1) is 4.92 Å². The molecule has 2 rings (SSSR count). The fourth-order valence-corrected chi connectivity index (χ4v) is 2.18. The highest BCUT2D eigenvalue weighted by atomic mass is 16.6. The van der Waals surface area contributed by atoms with Crippen LogP contribution in [0.1, 0.15) is 18.1 Å². The number of aryl methyl sites for hydroxylation is 1. The predicted octanol–water partition coefficient (Wildman–Crippen LogP) is 3.65. The molecular weight excluding hydrogens is 268 g/mol. The van der Waals surface area contributed by atoms with Gasteiger partial charge < -0.3 is 10.4 Å². The van der Waals surface area contributed by atoms with E-state index in [0.717, 1.165) is 23.2 Å². The van der Waals surface area contributed by atoms with Crippen LogP contribution in [0.4, 0.5) is 11.4 Å². The highest BCUT2D eigenvalue weighted by Crippen LogP contribution is 2.23. The number of benzene rings is 2. The van der Waals surface area contributed by atoms with E-state index in [1.165, 1.54) is 6.07 Å². The summed E-state index contributed by atoms with van der Waals surface area (Å²) in [6.45, 7) is 3.93. The molecule has 5 heteroatoms. The van der Waals surface area contributed by atoms with Crippen molar-refractivity contribution in [2.45, 2.75) is 26.3 Å². The Labute approximate surface area is 123 Å². The number of anilines is 1. The fourth-order valence-electron chi connectivity index (χ4n) is 2.18. The molecule has 0 aliphatic rings. The van der Waals surface area contributed by atoms with E-state index in [1.54, 1.807) is 24.3 Å². The topological polar surface area (TPSA) is 75.4 Å². The van der Waals surface area contributed by atoms with Crippen LogP contribution in [0.2, 0.25) is 0 Å². The molecule has 0 amide bonds. The number of nitrogens with zero attached hydrogens (tertiary/aromatic N) is 1. The van der Waals surface area contributed by atoms with Gasteiger partial charge in [0.2, 0.25) is 0 Å². The van der Waals surface area contributed by atoms with Crippen LogP contribution >= 0.6 is 0 Å². The largest absolute Gasteiger partial charge is 0.508 e. The van der Waals surface area contributed by atoms with E-state index in [4.69, 9.17) is 0 Å². The van der Waals surface area contributed by atoms with Gasteiger partial charge in [-0.1, -0.05) is 18.2 Å². The predicted molar refractivity (Wildman–Crippen MR) is 82.7 cm³/mol. The molecule has 1 unspecified atom stereocenters. The molecule has 0 aromatic heterocycles. The molecule has 2 aromatic rings. The first-order chi connectivity index (χ1) is 9.95. The van der Waals surface area contributed by atoms with Gasteiger partial charge in [-0.05, 0) is 43.5 Å². The van der Waals surface area contributed by atoms with E-state index in [9.17, 15) is 15.2 Å². The number of nitro groups is 1. The Kier molecular flexibility index (Phi) is 4.42. The average molecular weight is 286 g/mol. The summed E-state index contributed by atoms with van der Waals surface area (Å²) in [6, 6.07) is 12.0. The molecule has 110 valence electrons. The van der Waals surface area contributed by atoms with Crippen molar-refractivity contribution in [2.24, 2.45) is 0 Å². The van der Waals surface area contributed by atoms with Gasteiger partial charge in [0.25, 0.3) is 5.69 Å². The van der Waals surface area contributed by atoms with Crippen molar-refractivity contribution in [3.05, 3.63) is 63.7 Å². The fraction of sp³-hybridized carbons (Fsp3) is 0.250. The Morgan fingerprint density at radius 2 is 1.90 bits per heavy atom. The first-order valence-corrected chi connectivity index (χ1v) is 6.75. The number of nitrogens with one attached hydrogen (secondary N) is 1. The third kappa shape index (κ3) is 3.95. The molecule has 0 fully saturated rings. The normalized spacial score (nSPS) is 11.9. The Balaban J connectivity index is 2.08. The number of nitro benzene ring substituents is 1. The molecule has 21 heavy (non-hydrogen) atoms. The van der Waals surface area contributed by atoms with Gasteiger partial charge in [0.15, 0.2) is 0 Å². The first-order valence-electron chi connectivity index (χ1n) is 6.75. The summed E-state index contributed by atoms with van der Waals surface area (Å²) in [7, 11) is 0. The molecule has 1 atom stereocenters. The summed E-state index contributed by atoms with van der Waals surface area (Å²) in [5, 5.41) is 23.4. The Hall–Kier alpha value is -2.56. The Bertz CT molecular complexity index is 638. The van der Waals surface area contributed by atoms with Crippen LogP contribution < -0.4 is 5.32 Å². The van der Waals surface area contributed by atoms with Crippen LogP contribution in [0.3, 0.4) is 0 Å². The third-order valence-corrected chi connectivity index (χ3v) is 3.31. The van der Waals surface area contributed by atoms with Crippen molar-refractivity contribution in [3.8, 4) is 5.75 Å². The lowest BCUT2D eigenvalue weighted by atomic mass is 10.1. The summed E-state index contributed by atoms with van der Waals surface area (Å²) < 4.78 is 0. The Morgan fingerprint density at radius 3 is 2.52 bits per heavy atom. The number of hydrogen-bond acceptors (Lipinski definition) is 4. The van der Waals surface area contributed by atoms with Gasteiger partial charge in [-0.3, -0.25) is 10.1 Å². The van der Waals surface area contributed by atoms with Crippen molar-refractivity contribution in [3.63, 3.8) is 0 Å². The van der Waals surface area contributed by atoms with Crippen molar-refractivity contribution >= 4 is 11.4 Å². The SMILES string of the molecule is Cc1ccc([N+](=O)[O-])cc1NC(C)Cc1ccc(O)cc1. The highest BCUT2D eigenvalue weighted by Gasteiger charge is 2.11. The van der Waals surface area contributed by atoms with Crippen LogP contribution in [0.25, 0.3) is 0 Å². The molecule has 5 nitrogen and oxygen atoms in total. The summed E-state index contributed by atoms with van der Waals surface area (Å²) in [5.74, 6) is 0.244. The van der Waals surface area contributed by atoms with Crippen molar-refractivity contribution < 1.29 is 10.0 Å². The van der Waals surface area contributed by atoms with Crippen LogP contribution in [0, 0.1) is 17.0 Å². The van der Waals surface area contributed by atoms with Gasteiger partial charge in [-0.25, -0.2) is 0 Å². The van der Waals surface area contributed by atoms with E-state index < -0.39 is 4.92 Å². The quantitative estimate of drug-likeness (QED) is 0.649. The van der Waals surface area contributed by atoms with E-state index >= 15 is 0 Å². The molecule has 0 spiro atoms. The van der Waals surface area contributed by atoms with E-state index in [2.05, 4.69) is 5.32 Å². The zero-order chi connectivity index (χ0) is 15.4. The molecular formula is C16H18N2O3. The zero-order valence-corrected chi connectivity index (χ0v) is 12.0. The second-order valence-electron chi connectivity index (χ2n) is 5.17. The number of rotatable bonds is 5. The highest BCUT2D eigenvalue weighted by molar-refractivity contribution is 5.57. The minimum absolute atomic E-state index is 0.0833. The monoisotopic (exact) mass is 286 g/mol. The summed E-state index contributed by atoms with van der Waals surface area (Å²) in [6.07, 6.45) is 0.766. The van der Waals surface area contributed by atoms with E-state index in [0.29, 0.717) is 0 Å². The summed E-state index contributed by atoms with van der Waals surface area (Å²) in [4.78, 5) is 10.4. The molecule has 0 saturated carbocycles. The van der Waals surface area contributed by atoms with Crippen molar-refractivity contribution in [1.29, 1.82) is 0 Å². The smallest absolute Gasteiger partial charge is 0.271 e. The second-order valence-corrected chi connectivity index (χ2v) is 5.17. The molecule has 2 N–H and O–H groups in total. The van der Waals surface area contributed by atoms with Crippen LogP contribution in [-0.2, 0) is 6.42 Å². The molecule has 0 radical (unpaired) electrons. The van der Waals surface area contributed by atoms with Crippen LogP contribution in [-0.4, -0.2) is 16.1 Å². The van der Waals surface area contributed by atoms with Crippen molar-refractivity contribution in [2.75, 3.05) is 5.32 Å². The first kappa shape index (κ1) is 14.8. The molecule has 0 aliphatic heterocycles. The minimum Gasteiger partial charge on any atom is -0.508 e. The summed E-state index contributed by atoms with van der Waals surface area (Å²) >= 11 is 0. The number of aromatic hydroxyl groups is 1. The van der Waals surface area contributed by atoms with Gasteiger partial charge in [0.1, 0.15) is 5.75 Å². The zero-order valence-electron chi connectivity index (χ0n) is 12.0. The molecule has 0 saturated heterocycles. The van der Waals surface area contributed by atoms with E-state index in [1.807, 2.05) is 26.0 Å². The molecule has 0 bridgehead atoms. The molecule has 0 aliphatic carbocycles. The van der Waals surface area contributed by atoms with E-state index in [-0.39, 0.29) is 17.5 Å². The maximum absolute atomic E-state index is 10.8. The maximum Gasteiger partial charge on any atom is 0.271 e. The minimum atomic E-state index is -0.394. The average Bonchev–Trinajstić information content (AvgIpc) is 2.43.